The normalized spacial score (nSPS) is 15.6. The highest BCUT2D eigenvalue weighted by Gasteiger charge is 2.20. The van der Waals surface area contributed by atoms with Gasteiger partial charge in [-0.2, -0.15) is 0 Å². The third-order valence-electron chi connectivity index (χ3n) is 4.70. The molecule has 152 valence electrons. The average Bonchev–Trinajstić information content (AvgIpc) is 2.64. The van der Waals surface area contributed by atoms with Gasteiger partial charge in [-0.25, -0.2) is 9.78 Å². The van der Waals surface area contributed by atoms with Crippen molar-refractivity contribution in [1.82, 2.24) is 15.2 Å². The Morgan fingerprint density at radius 3 is 2.68 bits per heavy atom. The molecule has 1 aliphatic heterocycles. The number of ether oxygens (including phenoxy) is 1. The van der Waals surface area contributed by atoms with Crippen LogP contribution in [0.1, 0.15) is 27.2 Å². The standard InChI is InChI=1S/C21H29ClN4O2/c1-21(2,3)28-20(27)24-8-4-10-25-11-13-26(14-12-25)19-18-15-17(22)6-5-16(18)7-9-23-19/h5-7,9,15H,4,8,10-14H2,1-3H3,(H,24,27). The topological polar surface area (TPSA) is 57.7 Å². The van der Waals surface area contributed by atoms with E-state index in [1.807, 2.05) is 51.2 Å². The van der Waals surface area contributed by atoms with Crippen molar-refractivity contribution in [2.75, 3.05) is 44.2 Å². The Labute approximate surface area is 171 Å². The number of hydrogen-bond acceptors (Lipinski definition) is 5. The van der Waals surface area contributed by atoms with E-state index in [2.05, 4.69) is 20.1 Å². The van der Waals surface area contributed by atoms with E-state index in [9.17, 15) is 4.79 Å². The summed E-state index contributed by atoms with van der Waals surface area (Å²) in [6.45, 7) is 11.0. The summed E-state index contributed by atoms with van der Waals surface area (Å²) in [4.78, 5) is 21.0. The van der Waals surface area contributed by atoms with E-state index >= 15 is 0 Å². The SMILES string of the molecule is CC(C)(C)OC(=O)NCCCN1CCN(c2nccc3ccc(Cl)cc23)CC1. The molecule has 0 spiro atoms. The molecule has 0 atom stereocenters. The van der Waals surface area contributed by atoms with Crippen molar-refractivity contribution in [2.24, 2.45) is 0 Å². The Bertz CT molecular complexity index is 814. The molecule has 3 rings (SSSR count). The minimum atomic E-state index is -0.458. The highest BCUT2D eigenvalue weighted by molar-refractivity contribution is 6.31. The van der Waals surface area contributed by atoms with Crippen molar-refractivity contribution in [3.05, 3.63) is 35.5 Å². The Morgan fingerprint density at radius 2 is 1.96 bits per heavy atom. The molecular formula is C21H29ClN4O2. The van der Waals surface area contributed by atoms with Crippen molar-refractivity contribution < 1.29 is 9.53 Å². The fourth-order valence-corrected chi connectivity index (χ4v) is 3.54. The monoisotopic (exact) mass is 404 g/mol. The van der Waals surface area contributed by atoms with E-state index in [4.69, 9.17) is 16.3 Å². The van der Waals surface area contributed by atoms with Gasteiger partial charge < -0.3 is 15.0 Å². The van der Waals surface area contributed by atoms with Crippen LogP contribution in [0.5, 0.6) is 0 Å². The number of halogens is 1. The van der Waals surface area contributed by atoms with E-state index in [-0.39, 0.29) is 6.09 Å². The first-order valence-corrected chi connectivity index (χ1v) is 10.2. The zero-order valence-electron chi connectivity index (χ0n) is 16.9. The number of fused-ring (bicyclic) bond motifs is 1. The maximum Gasteiger partial charge on any atom is 0.407 e. The molecule has 2 heterocycles. The van der Waals surface area contributed by atoms with Crippen LogP contribution in [0.2, 0.25) is 5.02 Å². The summed E-state index contributed by atoms with van der Waals surface area (Å²) in [5.74, 6) is 1.01. The van der Waals surface area contributed by atoms with Gasteiger partial charge >= 0.3 is 6.09 Å². The second-order valence-electron chi connectivity index (χ2n) is 8.11. The first kappa shape index (κ1) is 20.7. The number of nitrogens with zero attached hydrogens (tertiary/aromatic N) is 3. The lowest BCUT2D eigenvalue weighted by molar-refractivity contribution is 0.0525. The zero-order chi connectivity index (χ0) is 20.1. The fraction of sp³-hybridized carbons (Fsp3) is 0.524. The summed E-state index contributed by atoms with van der Waals surface area (Å²) >= 11 is 6.19. The van der Waals surface area contributed by atoms with Crippen LogP contribution in [0, 0.1) is 0 Å². The molecule has 7 heteroatoms. The lowest BCUT2D eigenvalue weighted by Crippen LogP contribution is -2.47. The number of carbonyl (C=O) groups excluding carboxylic acids is 1. The van der Waals surface area contributed by atoms with Crippen LogP contribution in [0.3, 0.4) is 0 Å². The third kappa shape index (κ3) is 5.72. The third-order valence-corrected chi connectivity index (χ3v) is 4.93. The van der Waals surface area contributed by atoms with Gasteiger partial charge in [0.25, 0.3) is 0 Å². The summed E-state index contributed by atoms with van der Waals surface area (Å²) in [6.07, 6.45) is 2.42. The van der Waals surface area contributed by atoms with Gasteiger partial charge in [-0.05, 0) is 57.3 Å². The van der Waals surface area contributed by atoms with Gasteiger partial charge in [0.15, 0.2) is 0 Å². The van der Waals surface area contributed by atoms with E-state index in [0.29, 0.717) is 6.54 Å². The van der Waals surface area contributed by atoms with Crippen LogP contribution in [-0.4, -0.2) is 60.8 Å². The minimum absolute atomic E-state index is 0.349. The summed E-state index contributed by atoms with van der Waals surface area (Å²) < 4.78 is 5.25. The molecule has 6 nitrogen and oxygen atoms in total. The number of nitrogens with one attached hydrogen (secondary N) is 1. The highest BCUT2D eigenvalue weighted by atomic mass is 35.5. The fourth-order valence-electron chi connectivity index (χ4n) is 3.37. The maximum atomic E-state index is 11.7. The molecule has 1 saturated heterocycles. The number of benzene rings is 1. The Balaban J connectivity index is 1.45. The first-order valence-electron chi connectivity index (χ1n) is 9.80. The number of pyridine rings is 1. The van der Waals surface area contributed by atoms with Gasteiger partial charge in [-0.1, -0.05) is 17.7 Å². The molecule has 0 unspecified atom stereocenters. The van der Waals surface area contributed by atoms with Crippen LogP contribution >= 0.6 is 11.6 Å². The molecule has 1 N–H and O–H groups in total. The zero-order valence-corrected chi connectivity index (χ0v) is 17.6. The minimum Gasteiger partial charge on any atom is -0.444 e. The summed E-state index contributed by atoms with van der Waals surface area (Å²) in [5, 5.41) is 5.81. The van der Waals surface area contributed by atoms with Crippen molar-refractivity contribution >= 4 is 34.3 Å². The van der Waals surface area contributed by atoms with Crippen LogP contribution in [0.4, 0.5) is 10.6 Å². The van der Waals surface area contributed by atoms with Gasteiger partial charge in [-0.15, -0.1) is 0 Å². The van der Waals surface area contributed by atoms with Crippen molar-refractivity contribution in [3.8, 4) is 0 Å². The van der Waals surface area contributed by atoms with E-state index < -0.39 is 5.60 Å². The first-order chi connectivity index (χ1) is 13.3. The van der Waals surface area contributed by atoms with E-state index in [0.717, 1.165) is 60.8 Å². The highest BCUT2D eigenvalue weighted by Crippen LogP contribution is 2.27. The number of rotatable bonds is 5. The molecular weight excluding hydrogens is 376 g/mol. The molecule has 0 radical (unpaired) electrons. The predicted molar refractivity (Wildman–Crippen MR) is 114 cm³/mol. The number of alkyl carbamates (subject to hydrolysis) is 1. The van der Waals surface area contributed by atoms with Gasteiger partial charge in [0.1, 0.15) is 11.4 Å². The van der Waals surface area contributed by atoms with Crippen molar-refractivity contribution in [1.29, 1.82) is 0 Å². The quantitative estimate of drug-likeness (QED) is 0.765. The molecule has 0 bridgehead atoms. The lowest BCUT2D eigenvalue weighted by Gasteiger charge is -2.35. The number of piperazine rings is 1. The van der Waals surface area contributed by atoms with Crippen LogP contribution in [0.15, 0.2) is 30.5 Å². The van der Waals surface area contributed by atoms with Gasteiger partial charge in [0, 0.05) is 49.3 Å². The number of hydrogen-bond donors (Lipinski definition) is 1. The summed E-state index contributed by atoms with van der Waals surface area (Å²) in [6, 6.07) is 7.96. The Kier molecular flexibility index (Phi) is 6.62. The number of carbonyl (C=O) groups is 1. The van der Waals surface area contributed by atoms with Crippen LogP contribution < -0.4 is 10.2 Å². The summed E-state index contributed by atoms with van der Waals surface area (Å²) in [7, 11) is 0. The second kappa shape index (κ2) is 8.97. The molecule has 1 aromatic heterocycles. The summed E-state index contributed by atoms with van der Waals surface area (Å²) in [5.41, 5.74) is -0.458. The average molecular weight is 405 g/mol. The number of amides is 1. The van der Waals surface area contributed by atoms with E-state index in [1.165, 1.54) is 0 Å². The van der Waals surface area contributed by atoms with Gasteiger partial charge in [0.05, 0.1) is 0 Å². The number of aromatic nitrogens is 1. The van der Waals surface area contributed by atoms with Crippen molar-refractivity contribution in [3.63, 3.8) is 0 Å². The molecule has 2 aromatic rings. The Hall–Kier alpha value is -2.05. The second-order valence-corrected chi connectivity index (χ2v) is 8.55. The predicted octanol–water partition coefficient (Wildman–Crippen LogP) is 3.93. The molecule has 1 aromatic carbocycles. The molecule has 1 amide bonds. The van der Waals surface area contributed by atoms with Crippen LogP contribution in [-0.2, 0) is 4.74 Å². The van der Waals surface area contributed by atoms with Crippen LogP contribution in [0.25, 0.3) is 10.8 Å². The lowest BCUT2D eigenvalue weighted by atomic mass is 10.1. The smallest absolute Gasteiger partial charge is 0.407 e. The Morgan fingerprint density at radius 1 is 1.21 bits per heavy atom. The van der Waals surface area contributed by atoms with E-state index in [1.54, 1.807) is 0 Å². The molecule has 0 aliphatic carbocycles. The number of anilines is 1. The molecule has 0 saturated carbocycles. The van der Waals surface area contributed by atoms with Crippen molar-refractivity contribution in [2.45, 2.75) is 32.8 Å². The van der Waals surface area contributed by atoms with Gasteiger partial charge in [0.2, 0.25) is 0 Å². The molecule has 1 aliphatic rings. The van der Waals surface area contributed by atoms with Gasteiger partial charge in [-0.3, -0.25) is 4.90 Å². The molecule has 1 fully saturated rings. The molecule has 28 heavy (non-hydrogen) atoms. The maximum absolute atomic E-state index is 11.7. The largest absolute Gasteiger partial charge is 0.444 e.